The van der Waals surface area contributed by atoms with Crippen LogP contribution in [0.3, 0.4) is 0 Å². The lowest BCUT2D eigenvalue weighted by Gasteiger charge is -2.34. The quantitative estimate of drug-likeness (QED) is 0.806. The zero-order valence-electron chi connectivity index (χ0n) is 12.5. The largest absolute Gasteiger partial charge is 0.461 e. The maximum Gasteiger partial charge on any atom is 0.134 e. The molecule has 4 heteroatoms. The molecule has 2 aliphatic rings. The summed E-state index contributed by atoms with van der Waals surface area (Å²) in [5.74, 6) is 2.77. The zero-order valence-corrected chi connectivity index (χ0v) is 12.5. The van der Waals surface area contributed by atoms with Crippen LogP contribution in [-0.2, 0) is 0 Å². The molecule has 1 aromatic heterocycles. The summed E-state index contributed by atoms with van der Waals surface area (Å²) in [5.41, 5.74) is 0.987. The highest BCUT2D eigenvalue weighted by Gasteiger charge is 2.28. The molecular weight excluding hydrogens is 262 g/mol. The van der Waals surface area contributed by atoms with Crippen molar-refractivity contribution in [1.29, 1.82) is 0 Å². The minimum absolute atomic E-state index is 0.409. The van der Waals surface area contributed by atoms with Gasteiger partial charge in [0, 0.05) is 43.9 Å². The third-order valence-electron chi connectivity index (χ3n) is 4.64. The molecule has 4 rings (SSSR count). The van der Waals surface area contributed by atoms with Crippen molar-refractivity contribution in [3.63, 3.8) is 0 Å². The van der Waals surface area contributed by atoms with Gasteiger partial charge in [-0.2, -0.15) is 0 Å². The van der Waals surface area contributed by atoms with Crippen LogP contribution in [-0.4, -0.2) is 55.4 Å². The molecule has 1 saturated heterocycles. The van der Waals surface area contributed by atoms with Gasteiger partial charge in [-0.05, 0) is 19.2 Å². The molecule has 0 bridgehead atoms. The van der Waals surface area contributed by atoms with Gasteiger partial charge in [0.15, 0.2) is 0 Å². The van der Waals surface area contributed by atoms with E-state index in [0.29, 0.717) is 5.92 Å². The van der Waals surface area contributed by atoms with E-state index in [9.17, 15) is 0 Å². The van der Waals surface area contributed by atoms with Crippen LogP contribution >= 0.6 is 0 Å². The standard InChI is InChI=1S/C17H21N3O/c1-19-6-8-20(9-7-19)17-11-14(12-18-17)16-10-13-4-2-3-5-15(13)21-16/h2-5,10,14H,6-9,11-12H2,1H3. The van der Waals surface area contributed by atoms with Crippen molar-refractivity contribution >= 4 is 16.8 Å². The van der Waals surface area contributed by atoms with Crippen molar-refractivity contribution in [3.8, 4) is 0 Å². The SMILES string of the molecule is CN1CCN(C2=NCC(c3cc4ccccc4o3)C2)CC1. The Bertz CT molecular complexity index is 634. The molecule has 1 unspecified atom stereocenters. The van der Waals surface area contributed by atoms with Crippen LogP contribution in [0.15, 0.2) is 39.7 Å². The van der Waals surface area contributed by atoms with Gasteiger partial charge < -0.3 is 14.2 Å². The Labute approximate surface area is 125 Å². The first-order valence-corrected chi connectivity index (χ1v) is 7.75. The molecule has 0 radical (unpaired) electrons. The number of benzene rings is 1. The molecule has 0 spiro atoms. The Kier molecular flexibility index (Phi) is 3.19. The van der Waals surface area contributed by atoms with Gasteiger partial charge in [0.2, 0.25) is 0 Å². The summed E-state index contributed by atoms with van der Waals surface area (Å²) in [6.07, 6.45) is 1.02. The summed E-state index contributed by atoms with van der Waals surface area (Å²) in [6, 6.07) is 10.4. The summed E-state index contributed by atoms with van der Waals surface area (Å²) in [7, 11) is 2.19. The first-order chi connectivity index (χ1) is 10.3. The van der Waals surface area contributed by atoms with Gasteiger partial charge >= 0.3 is 0 Å². The Morgan fingerprint density at radius 2 is 1.95 bits per heavy atom. The molecule has 0 amide bonds. The van der Waals surface area contributed by atoms with Crippen LogP contribution in [0, 0.1) is 0 Å². The minimum Gasteiger partial charge on any atom is -0.461 e. The molecule has 0 N–H and O–H groups in total. The lowest BCUT2D eigenvalue weighted by Crippen LogP contribution is -2.46. The summed E-state index contributed by atoms with van der Waals surface area (Å²) < 4.78 is 6.00. The van der Waals surface area contributed by atoms with Crippen molar-refractivity contribution < 1.29 is 4.42 Å². The number of hydrogen-bond acceptors (Lipinski definition) is 4. The van der Waals surface area contributed by atoms with E-state index in [0.717, 1.165) is 50.5 Å². The molecule has 1 fully saturated rings. The fourth-order valence-electron chi connectivity index (χ4n) is 3.25. The summed E-state index contributed by atoms with van der Waals surface area (Å²) in [4.78, 5) is 9.60. The molecule has 3 heterocycles. The molecule has 2 aliphatic heterocycles. The number of amidine groups is 1. The fourth-order valence-corrected chi connectivity index (χ4v) is 3.25. The second kappa shape index (κ2) is 5.19. The molecule has 21 heavy (non-hydrogen) atoms. The zero-order chi connectivity index (χ0) is 14.2. The first kappa shape index (κ1) is 12.9. The van der Waals surface area contributed by atoms with Crippen LogP contribution in [0.5, 0.6) is 0 Å². The lowest BCUT2D eigenvalue weighted by molar-refractivity contribution is 0.213. The van der Waals surface area contributed by atoms with Crippen LogP contribution in [0.4, 0.5) is 0 Å². The van der Waals surface area contributed by atoms with Gasteiger partial charge in [-0.15, -0.1) is 0 Å². The Hall–Kier alpha value is -1.81. The molecule has 4 nitrogen and oxygen atoms in total. The minimum atomic E-state index is 0.409. The van der Waals surface area contributed by atoms with Gasteiger partial charge in [-0.25, -0.2) is 0 Å². The van der Waals surface area contributed by atoms with E-state index in [1.54, 1.807) is 0 Å². The number of para-hydroxylation sites is 1. The molecular formula is C17H21N3O. The van der Waals surface area contributed by atoms with Gasteiger partial charge in [0.05, 0.1) is 12.4 Å². The highest BCUT2D eigenvalue weighted by Crippen LogP contribution is 2.31. The first-order valence-electron chi connectivity index (χ1n) is 7.75. The lowest BCUT2D eigenvalue weighted by atomic mass is 10.0. The Balaban J connectivity index is 1.47. The highest BCUT2D eigenvalue weighted by molar-refractivity contribution is 5.85. The van der Waals surface area contributed by atoms with Gasteiger partial charge in [-0.3, -0.25) is 4.99 Å². The van der Waals surface area contributed by atoms with Gasteiger partial charge in [0.1, 0.15) is 11.3 Å². The van der Waals surface area contributed by atoms with Crippen molar-refractivity contribution in [2.75, 3.05) is 39.8 Å². The number of piperazine rings is 1. The Morgan fingerprint density at radius 3 is 2.76 bits per heavy atom. The van der Waals surface area contributed by atoms with E-state index in [-0.39, 0.29) is 0 Å². The number of likely N-dealkylation sites (N-methyl/N-ethyl adjacent to an activating group) is 1. The van der Waals surface area contributed by atoms with Gasteiger partial charge in [-0.1, -0.05) is 18.2 Å². The third kappa shape index (κ3) is 2.44. The van der Waals surface area contributed by atoms with E-state index in [1.807, 2.05) is 12.1 Å². The maximum absolute atomic E-state index is 6.00. The normalized spacial score (nSPS) is 23.8. The second-order valence-corrected chi connectivity index (χ2v) is 6.13. The van der Waals surface area contributed by atoms with E-state index < -0.39 is 0 Å². The highest BCUT2D eigenvalue weighted by atomic mass is 16.3. The van der Waals surface area contributed by atoms with Gasteiger partial charge in [0.25, 0.3) is 0 Å². The third-order valence-corrected chi connectivity index (χ3v) is 4.64. The molecule has 0 aliphatic carbocycles. The Morgan fingerprint density at radius 1 is 1.14 bits per heavy atom. The summed E-state index contributed by atoms with van der Waals surface area (Å²) in [5, 5.41) is 1.19. The predicted molar refractivity (Wildman–Crippen MR) is 84.9 cm³/mol. The number of aliphatic imine (C=N–C) groups is 1. The molecule has 1 atom stereocenters. The average Bonchev–Trinajstić information content (AvgIpc) is 3.14. The van der Waals surface area contributed by atoms with Crippen molar-refractivity contribution in [3.05, 3.63) is 36.1 Å². The molecule has 1 aromatic carbocycles. The second-order valence-electron chi connectivity index (χ2n) is 6.13. The van der Waals surface area contributed by atoms with E-state index in [4.69, 9.17) is 9.41 Å². The van der Waals surface area contributed by atoms with E-state index in [2.05, 4.69) is 35.0 Å². The number of nitrogens with zero attached hydrogens (tertiary/aromatic N) is 3. The molecule has 110 valence electrons. The van der Waals surface area contributed by atoms with E-state index >= 15 is 0 Å². The van der Waals surface area contributed by atoms with Crippen LogP contribution in [0.25, 0.3) is 11.0 Å². The molecule has 0 saturated carbocycles. The smallest absolute Gasteiger partial charge is 0.134 e. The molecule has 2 aromatic rings. The monoisotopic (exact) mass is 283 g/mol. The van der Waals surface area contributed by atoms with E-state index in [1.165, 1.54) is 11.2 Å². The summed E-state index contributed by atoms with van der Waals surface area (Å²) >= 11 is 0. The predicted octanol–water partition coefficient (Wildman–Crippen LogP) is 2.57. The maximum atomic E-state index is 6.00. The average molecular weight is 283 g/mol. The summed E-state index contributed by atoms with van der Waals surface area (Å²) in [6.45, 7) is 5.33. The van der Waals surface area contributed by atoms with Crippen molar-refractivity contribution in [2.24, 2.45) is 4.99 Å². The van der Waals surface area contributed by atoms with Crippen molar-refractivity contribution in [1.82, 2.24) is 9.80 Å². The van der Waals surface area contributed by atoms with Crippen LogP contribution in [0.1, 0.15) is 18.1 Å². The topological polar surface area (TPSA) is 32.0 Å². The number of fused-ring (bicyclic) bond motifs is 1. The number of furan rings is 1. The number of rotatable bonds is 1. The number of hydrogen-bond donors (Lipinski definition) is 0. The fraction of sp³-hybridized carbons (Fsp3) is 0.471. The van der Waals surface area contributed by atoms with Crippen molar-refractivity contribution in [2.45, 2.75) is 12.3 Å². The van der Waals surface area contributed by atoms with Crippen LogP contribution < -0.4 is 0 Å². The van der Waals surface area contributed by atoms with Crippen LogP contribution in [0.2, 0.25) is 0 Å².